The van der Waals surface area contributed by atoms with Gasteiger partial charge in [0.2, 0.25) is 0 Å². The summed E-state index contributed by atoms with van der Waals surface area (Å²) in [6.45, 7) is 9.00. The lowest BCUT2D eigenvalue weighted by molar-refractivity contribution is -0.928. The first kappa shape index (κ1) is 26.0. The van der Waals surface area contributed by atoms with Crippen molar-refractivity contribution in [2.45, 2.75) is 51.7 Å². The number of rotatable bonds is 15. The number of quaternary nitrogens is 1. The Morgan fingerprint density at radius 3 is 1.62 bits per heavy atom. The molecule has 0 atom stereocenters. The molecule has 26 heavy (non-hydrogen) atoms. The molecule has 0 saturated heterocycles. The van der Waals surface area contributed by atoms with Gasteiger partial charge in [-0.05, 0) is 32.0 Å². The normalized spacial score (nSPS) is 13.9. The van der Waals surface area contributed by atoms with Crippen LogP contribution in [-0.2, 0) is 24.7 Å². The van der Waals surface area contributed by atoms with Gasteiger partial charge in [-0.2, -0.15) is 16.8 Å². The average molecular weight is 435 g/mol. The summed E-state index contributed by atoms with van der Waals surface area (Å²) in [5.74, 6) is -0.597. The van der Waals surface area contributed by atoms with Crippen molar-refractivity contribution in [1.29, 1.82) is 0 Å². The monoisotopic (exact) mass is 434 g/mol. The molecule has 2 N–H and O–H groups in total. The van der Waals surface area contributed by atoms with E-state index in [0.29, 0.717) is 30.4 Å². The molecular weight excluding hydrogens is 398 g/mol. The van der Waals surface area contributed by atoms with Crippen LogP contribution in [0.2, 0.25) is 19.1 Å². The van der Waals surface area contributed by atoms with E-state index >= 15 is 0 Å². The number of hydrogen-bond donors (Lipinski definition) is 2. The highest BCUT2D eigenvalue weighted by Crippen LogP contribution is 2.19. The Bertz CT molecular complexity index is 567. The van der Waals surface area contributed by atoms with E-state index in [1.807, 2.05) is 6.92 Å². The SMILES string of the molecule is CCC[N+](CCC[Si](C)(C)OC)(CCCS(=O)(=O)O)CCCS(=O)(=O)O. The topological polar surface area (TPSA) is 118 Å². The van der Waals surface area contributed by atoms with Crippen LogP contribution in [0.4, 0.5) is 0 Å². The summed E-state index contributed by atoms with van der Waals surface area (Å²) in [7, 11) is -8.01. The predicted molar refractivity (Wildman–Crippen MR) is 106 cm³/mol. The summed E-state index contributed by atoms with van der Waals surface area (Å²) in [6, 6.07) is 0.962. The van der Waals surface area contributed by atoms with E-state index in [4.69, 9.17) is 13.5 Å². The van der Waals surface area contributed by atoms with Crippen molar-refractivity contribution in [3.8, 4) is 0 Å². The molecule has 0 aliphatic heterocycles. The average Bonchev–Trinajstić information content (AvgIpc) is 2.44. The fourth-order valence-electron chi connectivity index (χ4n) is 3.25. The van der Waals surface area contributed by atoms with E-state index in [2.05, 4.69) is 13.1 Å². The molecule has 0 amide bonds. The molecule has 0 heterocycles. The molecule has 0 aromatic heterocycles. The maximum absolute atomic E-state index is 11.0. The third-order valence-electron chi connectivity index (χ3n) is 4.73. The van der Waals surface area contributed by atoms with Crippen molar-refractivity contribution in [2.24, 2.45) is 0 Å². The first-order valence-electron chi connectivity index (χ1n) is 9.05. The molecule has 0 aliphatic carbocycles. The van der Waals surface area contributed by atoms with Crippen LogP contribution in [0.3, 0.4) is 0 Å². The van der Waals surface area contributed by atoms with Crippen LogP contribution in [0.1, 0.15) is 32.6 Å². The van der Waals surface area contributed by atoms with Crippen LogP contribution >= 0.6 is 0 Å². The minimum atomic E-state index is -4.01. The summed E-state index contributed by atoms with van der Waals surface area (Å²) in [4.78, 5) is 0. The minimum Gasteiger partial charge on any atom is -0.420 e. The van der Waals surface area contributed by atoms with Gasteiger partial charge in [-0.25, -0.2) is 0 Å². The van der Waals surface area contributed by atoms with Crippen LogP contribution < -0.4 is 0 Å². The van der Waals surface area contributed by atoms with Gasteiger partial charge in [-0.15, -0.1) is 0 Å². The van der Waals surface area contributed by atoms with Crippen LogP contribution in [0, 0.1) is 0 Å². The van der Waals surface area contributed by atoms with Crippen molar-refractivity contribution in [2.75, 3.05) is 44.8 Å². The fraction of sp³-hybridized carbons (Fsp3) is 1.00. The smallest absolute Gasteiger partial charge is 0.265 e. The van der Waals surface area contributed by atoms with Gasteiger partial charge >= 0.3 is 0 Å². The minimum absolute atomic E-state index is 0.298. The Labute approximate surface area is 160 Å². The molecule has 0 unspecified atom stereocenters. The van der Waals surface area contributed by atoms with Crippen molar-refractivity contribution < 1.29 is 34.9 Å². The Hall–Kier alpha value is -0.0431. The van der Waals surface area contributed by atoms with Gasteiger partial charge in [-0.1, -0.05) is 6.92 Å². The maximum atomic E-state index is 11.0. The highest BCUT2D eigenvalue weighted by molar-refractivity contribution is 7.86. The molecule has 0 rings (SSSR count). The molecule has 0 aromatic carbocycles. The van der Waals surface area contributed by atoms with Crippen molar-refractivity contribution in [3.63, 3.8) is 0 Å². The third kappa shape index (κ3) is 13.2. The summed E-state index contributed by atoms with van der Waals surface area (Å²) in [5.41, 5.74) is 0. The quantitative estimate of drug-likeness (QED) is 0.230. The van der Waals surface area contributed by atoms with E-state index in [1.54, 1.807) is 7.11 Å². The van der Waals surface area contributed by atoms with Gasteiger partial charge < -0.3 is 8.91 Å². The summed E-state index contributed by atoms with van der Waals surface area (Å²) >= 11 is 0. The molecular formula is C15H36NO7S2Si+. The summed E-state index contributed by atoms with van der Waals surface area (Å²) < 4.78 is 68.3. The molecule has 11 heteroatoms. The largest absolute Gasteiger partial charge is 0.420 e. The van der Waals surface area contributed by atoms with Crippen molar-refractivity contribution in [3.05, 3.63) is 0 Å². The lowest BCUT2D eigenvalue weighted by Crippen LogP contribution is -2.51. The molecule has 0 spiro atoms. The van der Waals surface area contributed by atoms with E-state index in [-0.39, 0.29) is 11.5 Å². The Balaban J connectivity index is 5.06. The third-order valence-corrected chi connectivity index (χ3v) is 9.00. The van der Waals surface area contributed by atoms with E-state index < -0.39 is 28.6 Å². The van der Waals surface area contributed by atoms with E-state index in [1.165, 1.54) is 0 Å². The molecule has 0 saturated carbocycles. The highest BCUT2D eigenvalue weighted by atomic mass is 32.2. The maximum Gasteiger partial charge on any atom is 0.265 e. The first-order chi connectivity index (χ1) is 11.7. The van der Waals surface area contributed by atoms with Gasteiger partial charge in [0.1, 0.15) is 0 Å². The second kappa shape index (κ2) is 11.1. The standard InChI is InChI=1S/C15H35NO7S2Si/c1-5-9-16(10-6-13-24(17,18)19,11-7-14-25(20,21)22)12-8-15-26(3,4)23-2/h5-15H2,1-4H3,(H-,17,18,19,20,21,22)/p+1. The highest BCUT2D eigenvalue weighted by Gasteiger charge is 2.29. The Morgan fingerprint density at radius 2 is 1.27 bits per heavy atom. The van der Waals surface area contributed by atoms with E-state index in [9.17, 15) is 16.8 Å². The lowest BCUT2D eigenvalue weighted by Gasteiger charge is -2.39. The van der Waals surface area contributed by atoms with Crippen LogP contribution in [-0.4, -0.2) is 83.5 Å². The molecule has 0 aliphatic rings. The zero-order chi connectivity index (χ0) is 20.5. The van der Waals surface area contributed by atoms with Gasteiger partial charge in [-0.3, -0.25) is 9.11 Å². The van der Waals surface area contributed by atoms with Crippen molar-refractivity contribution >= 4 is 28.6 Å². The second-order valence-corrected chi connectivity index (χ2v) is 15.2. The molecule has 0 aromatic rings. The van der Waals surface area contributed by atoms with Gasteiger partial charge in [0.15, 0.2) is 8.32 Å². The van der Waals surface area contributed by atoms with Gasteiger partial charge in [0, 0.05) is 20.0 Å². The van der Waals surface area contributed by atoms with Crippen LogP contribution in [0.15, 0.2) is 0 Å². The number of hydrogen-bond acceptors (Lipinski definition) is 5. The molecule has 0 radical (unpaired) electrons. The van der Waals surface area contributed by atoms with Crippen molar-refractivity contribution in [1.82, 2.24) is 0 Å². The first-order valence-corrected chi connectivity index (χ1v) is 15.4. The molecule has 8 nitrogen and oxygen atoms in total. The van der Waals surface area contributed by atoms with Gasteiger partial charge in [0.25, 0.3) is 20.2 Å². The Morgan fingerprint density at radius 1 is 0.846 bits per heavy atom. The second-order valence-electron chi connectivity index (χ2n) is 7.58. The molecule has 158 valence electrons. The zero-order valence-corrected chi connectivity index (χ0v) is 19.1. The van der Waals surface area contributed by atoms with E-state index in [0.717, 1.165) is 32.0 Å². The zero-order valence-electron chi connectivity index (χ0n) is 16.5. The summed E-state index contributed by atoms with van der Waals surface area (Å²) in [5, 5.41) is 0. The Kier molecular flexibility index (Phi) is 11.1. The van der Waals surface area contributed by atoms with Gasteiger partial charge in [0.05, 0.1) is 37.7 Å². The molecule has 0 fully saturated rings. The van der Waals surface area contributed by atoms with Crippen LogP contribution in [0.5, 0.6) is 0 Å². The van der Waals surface area contributed by atoms with Crippen LogP contribution in [0.25, 0.3) is 0 Å². The lowest BCUT2D eigenvalue weighted by atomic mass is 10.2. The fourth-order valence-corrected chi connectivity index (χ4v) is 5.45. The summed E-state index contributed by atoms with van der Waals surface area (Å²) in [6.07, 6.45) is 2.42. The predicted octanol–water partition coefficient (Wildman–Crippen LogP) is 2.01. The molecule has 0 bridgehead atoms. The number of nitrogens with zero attached hydrogens (tertiary/aromatic N) is 1.